The molecule has 0 saturated heterocycles. The van der Waals surface area contributed by atoms with Gasteiger partial charge in [-0.15, -0.1) is 0 Å². The monoisotopic (exact) mass is 254 g/mol. The van der Waals surface area contributed by atoms with E-state index in [1.165, 1.54) is 4.68 Å². The summed E-state index contributed by atoms with van der Waals surface area (Å²) in [4.78, 5) is 12.2. The lowest BCUT2D eigenvalue weighted by molar-refractivity contribution is -0.118. The summed E-state index contributed by atoms with van der Waals surface area (Å²) in [6, 6.07) is 1.65. The Morgan fingerprint density at radius 2 is 2.35 bits per heavy atom. The lowest BCUT2D eigenvalue weighted by Gasteiger charge is -2.11. The molecule has 7 heteroatoms. The van der Waals surface area contributed by atoms with Crippen molar-refractivity contribution in [3.63, 3.8) is 0 Å². The van der Waals surface area contributed by atoms with Gasteiger partial charge in [-0.1, -0.05) is 12.2 Å². The summed E-state index contributed by atoms with van der Waals surface area (Å²) in [6.45, 7) is 0. The van der Waals surface area contributed by atoms with Gasteiger partial charge in [-0.25, -0.2) is 4.68 Å². The molecule has 92 valence electrons. The van der Waals surface area contributed by atoms with Crippen LogP contribution >= 0.6 is 12.2 Å². The number of nitrogens with zero attached hydrogens (tertiary/aromatic N) is 2. The summed E-state index contributed by atoms with van der Waals surface area (Å²) in [5, 5.41) is 6.80. The normalized spacial score (nSPS) is 16.4. The van der Waals surface area contributed by atoms with Gasteiger partial charge in [-0.3, -0.25) is 4.79 Å². The topological polar surface area (TPSA) is 82.2 Å². The summed E-state index contributed by atoms with van der Waals surface area (Å²) in [5.74, 6) is 0.822. The Bertz CT molecular complexity index is 479. The molecule has 0 atom stereocenters. The van der Waals surface area contributed by atoms with Crippen LogP contribution in [0.1, 0.15) is 12.8 Å². The molecule has 1 amide bonds. The predicted octanol–water partition coefficient (Wildman–Crippen LogP) is 0.433. The van der Waals surface area contributed by atoms with Gasteiger partial charge in [0.05, 0.1) is 17.5 Å². The van der Waals surface area contributed by atoms with Gasteiger partial charge < -0.3 is 15.8 Å². The lowest BCUT2D eigenvalue weighted by Crippen LogP contribution is -2.35. The molecule has 0 aromatic carbocycles. The number of aromatic nitrogens is 2. The van der Waals surface area contributed by atoms with Crippen molar-refractivity contribution in [2.24, 2.45) is 18.2 Å². The van der Waals surface area contributed by atoms with Crippen molar-refractivity contribution in [1.82, 2.24) is 9.78 Å². The number of thiocarbonyl (C=S) groups is 1. The van der Waals surface area contributed by atoms with E-state index < -0.39 is 5.41 Å². The highest BCUT2D eigenvalue weighted by molar-refractivity contribution is 7.80. The number of carbonyl (C=O) groups excluding carboxylic acids is 1. The Kier molecular flexibility index (Phi) is 2.78. The van der Waals surface area contributed by atoms with Crippen LogP contribution in [0.4, 0.5) is 5.82 Å². The van der Waals surface area contributed by atoms with Crippen LogP contribution in [0.15, 0.2) is 6.07 Å². The van der Waals surface area contributed by atoms with Crippen molar-refractivity contribution < 1.29 is 9.53 Å². The fourth-order valence-corrected chi connectivity index (χ4v) is 1.95. The van der Waals surface area contributed by atoms with Crippen LogP contribution in [0.5, 0.6) is 5.88 Å². The number of nitrogens with two attached hydrogens (primary N) is 1. The number of nitrogens with one attached hydrogen (secondary N) is 1. The Morgan fingerprint density at radius 3 is 2.76 bits per heavy atom. The number of amides is 1. The van der Waals surface area contributed by atoms with Crippen molar-refractivity contribution in [2.75, 3.05) is 12.4 Å². The maximum Gasteiger partial charge on any atom is 0.238 e. The number of methoxy groups -OCH3 is 1. The first kappa shape index (κ1) is 11.8. The second-order valence-corrected chi connectivity index (χ2v) is 4.54. The number of anilines is 1. The molecule has 0 spiro atoms. The molecule has 3 N–H and O–H groups in total. The molecule has 1 heterocycles. The van der Waals surface area contributed by atoms with E-state index in [-0.39, 0.29) is 10.9 Å². The second kappa shape index (κ2) is 3.99. The molecule has 1 aliphatic carbocycles. The zero-order valence-electron chi connectivity index (χ0n) is 9.69. The number of hydrogen-bond donors (Lipinski definition) is 2. The van der Waals surface area contributed by atoms with Gasteiger partial charge in [0.25, 0.3) is 0 Å². The largest absolute Gasteiger partial charge is 0.481 e. The Labute approximate surface area is 104 Å². The van der Waals surface area contributed by atoms with Crippen LogP contribution in [0.25, 0.3) is 0 Å². The van der Waals surface area contributed by atoms with Crippen LogP contribution in [-0.4, -0.2) is 27.8 Å². The summed E-state index contributed by atoms with van der Waals surface area (Å²) in [7, 11) is 3.27. The first-order chi connectivity index (χ1) is 7.99. The molecule has 1 aromatic heterocycles. The molecule has 1 saturated carbocycles. The summed E-state index contributed by atoms with van der Waals surface area (Å²) in [6.07, 6.45) is 1.41. The SMILES string of the molecule is COc1cc(NC(=O)C2(C(N)=S)CC2)nn1C. The maximum absolute atomic E-state index is 12.0. The van der Waals surface area contributed by atoms with Crippen LogP contribution in [-0.2, 0) is 11.8 Å². The van der Waals surface area contributed by atoms with Crippen molar-refractivity contribution in [1.29, 1.82) is 0 Å². The third kappa shape index (κ3) is 1.97. The first-order valence-corrected chi connectivity index (χ1v) is 5.60. The molecule has 17 heavy (non-hydrogen) atoms. The highest BCUT2D eigenvalue weighted by Crippen LogP contribution is 2.46. The van der Waals surface area contributed by atoms with Crippen molar-refractivity contribution >= 4 is 28.9 Å². The van der Waals surface area contributed by atoms with E-state index in [0.717, 1.165) is 0 Å². The van der Waals surface area contributed by atoms with E-state index in [1.807, 2.05) is 0 Å². The van der Waals surface area contributed by atoms with Crippen LogP contribution < -0.4 is 15.8 Å². The van der Waals surface area contributed by atoms with Crippen LogP contribution in [0, 0.1) is 5.41 Å². The third-order valence-corrected chi connectivity index (χ3v) is 3.33. The van der Waals surface area contributed by atoms with E-state index in [9.17, 15) is 4.79 Å². The van der Waals surface area contributed by atoms with E-state index in [1.54, 1.807) is 20.2 Å². The van der Waals surface area contributed by atoms with E-state index in [4.69, 9.17) is 22.7 Å². The second-order valence-electron chi connectivity index (χ2n) is 4.10. The molecule has 1 aliphatic rings. The van der Waals surface area contributed by atoms with Gasteiger partial charge in [-0.05, 0) is 12.8 Å². The van der Waals surface area contributed by atoms with E-state index in [2.05, 4.69) is 10.4 Å². The van der Waals surface area contributed by atoms with Crippen molar-refractivity contribution in [2.45, 2.75) is 12.8 Å². The molecular formula is C10H14N4O2S. The highest BCUT2D eigenvalue weighted by Gasteiger charge is 2.52. The number of carbonyl (C=O) groups is 1. The quantitative estimate of drug-likeness (QED) is 0.762. The average Bonchev–Trinajstić information content (AvgIpc) is 3.00. The zero-order chi connectivity index (χ0) is 12.6. The van der Waals surface area contributed by atoms with E-state index in [0.29, 0.717) is 24.5 Å². The van der Waals surface area contributed by atoms with Crippen molar-refractivity contribution in [3.8, 4) is 5.88 Å². The summed E-state index contributed by atoms with van der Waals surface area (Å²) in [5.41, 5.74) is 4.90. The molecular weight excluding hydrogens is 240 g/mol. The number of rotatable bonds is 4. The zero-order valence-corrected chi connectivity index (χ0v) is 10.5. The molecule has 2 rings (SSSR count). The number of aryl methyl sites for hydroxylation is 1. The molecule has 6 nitrogen and oxygen atoms in total. The van der Waals surface area contributed by atoms with Crippen LogP contribution in [0.3, 0.4) is 0 Å². The van der Waals surface area contributed by atoms with E-state index >= 15 is 0 Å². The minimum atomic E-state index is -0.667. The van der Waals surface area contributed by atoms with Crippen LogP contribution in [0.2, 0.25) is 0 Å². The first-order valence-electron chi connectivity index (χ1n) is 5.19. The van der Waals surface area contributed by atoms with Gasteiger partial charge >= 0.3 is 0 Å². The maximum atomic E-state index is 12.0. The highest BCUT2D eigenvalue weighted by atomic mass is 32.1. The van der Waals surface area contributed by atoms with Gasteiger partial charge in [-0.2, -0.15) is 5.10 Å². The fraction of sp³-hybridized carbons (Fsp3) is 0.500. The lowest BCUT2D eigenvalue weighted by atomic mass is 10.1. The summed E-state index contributed by atoms with van der Waals surface area (Å²) < 4.78 is 6.59. The van der Waals surface area contributed by atoms with Gasteiger partial charge in [0.1, 0.15) is 0 Å². The van der Waals surface area contributed by atoms with Gasteiger partial charge in [0.15, 0.2) is 5.82 Å². The standard InChI is InChI=1S/C10H14N4O2S/c1-14-7(16-2)5-6(13-14)12-9(15)10(3-4-10)8(11)17/h5H,3-4H2,1-2H3,(H2,11,17)(H,12,13,15). The molecule has 1 aromatic rings. The Hall–Kier alpha value is -1.63. The molecule has 0 unspecified atom stereocenters. The smallest absolute Gasteiger partial charge is 0.238 e. The number of ether oxygens (including phenoxy) is 1. The minimum Gasteiger partial charge on any atom is -0.481 e. The Balaban J connectivity index is 2.11. The minimum absolute atomic E-state index is 0.189. The predicted molar refractivity (Wildman–Crippen MR) is 66.8 cm³/mol. The Morgan fingerprint density at radius 1 is 1.71 bits per heavy atom. The van der Waals surface area contributed by atoms with Gasteiger partial charge in [0, 0.05) is 13.1 Å². The fourth-order valence-electron chi connectivity index (χ4n) is 1.65. The number of hydrogen-bond acceptors (Lipinski definition) is 4. The molecule has 1 fully saturated rings. The average molecular weight is 254 g/mol. The summed E-state index contributed by atoms with van der Waals surface area (Å²) >= 11 is 4.91. The van der Waals surface area contributed by atoms with Gasteiger partial charge in [0.2, 0.25) is 11.8 Å². The third-order valence-electron chi connectivity index (χ3n) is 2.94. The molecule has 0 radical (unpaired) electrons. The molecule has 0 bridgehead atoms. The molecule has 0 aliphatic heterocycles. The van der Waals surface area contributed by atoms with Crippen molar-refractivity contribution in [3.05, 3.63) is 6.07 Å².